The fourth-order valence-corrected chi connectivity index (χ4v) is 4.09. The molecule has 0 saturated heterocycles. The Labute approximate surface area is 182 Å². The van der Waals surface area contributed by atoms with Gasteiger partial charge in [-0.3, -0.25) is 14.2 Å². The van der Waals surface area contributed by atoms with Crippen molar-refractivity contribution in [2.75, 3.05) is 0 Å². The van der Waals surface area contributed by atoms with Crippen molar-refractivity contribution in [3.63, 3.8) is 0 Å². The number of rotatable bonds is 5. The number of hydrogen-bond acceptors (Lipinski definition) is 4. The van der Waals surface area contributed by atoms with Gasteiger partial charge in [-0.1, -0.05) is 23.7 Å². The predicted molar refractivity (Wildman–Crippen MR) is 115 cm³/mol. The molecular formula is C21H14ClF2N3O3S. The van der Waals surface area contributed by atoms with Crippen LogP contribution in [-0.4, -0.2) is 15.0 Å². The van der Waals surface area contributed by atoms with Crippen LogP contribution in [0.25, 0.3) is 15.9 Å². The molecule has 0 aliphatic carbocycles. The van der Waals surface area contributed by atoms with E-state index in [-0.39, 0.29) is 29.0 Å². The number of benzene rings is 2. The van der Waals surface area contributed by atoms with Gasteiger partial charge in [-0.05, 0) is 41.3 Å². The van der Waals surface area contributed by atoms with Crippen LogP contribution in [0.4, 0.5) is 8.78 Å². The number of aromatic nitrogens is 2. The molecule has 0 aliphatic heterocycles. The van der Waals surface area contributed by atoms with Crippen molar-refractivity contribution in [3.05, 3.63) is 97.0 Å². The Balaban J connectivity index is 1.71. The molecule has 0 radical (unpaired) electrons. The zero-order chi connectivity index (χ0) is 22.1. The zero-order valence-corrected chi connectivity index (χ0v) is 17.3. The summed E-state index contributed by atoms with van der Waals surface area (Å²) >= 11 is 6.91. The Morgan fingerprint density at radius 1 is 1.03 bits per heavy atom. The van der Waals surface area contributed by atoms with E-state index in [1.807, 2.05) is 0 Å². The van der Waals surface area contributed by atoms with E-state index < -0.39 is 28.8 Å². The maximum absolute atomic E-state index is 13.7. The van der Waals surface area contributed by atoms with E-state index in [9.17, 15) is 23.2 Å². The highest BCUT2D eigenvalue weighted by Gasteiger charge is 2.18. The zero-order valence-electron chi connectivity index (χ0n) is 15.8. The number of nitrogens with zero attached hydrogens (tertiary/aromatic N) is 2. The first-order chi connectivity index (χ1) is 14.8. The van der Waals surface area contributed by atoms with Crippen LogP contribution < -0.4 is 16.6 Å². The molecule has 0 spiro atoms. The van der Waals surface area contributed by atoms with E-state index in [0.29, 0.717) is 15.7 Å². The first-order valence-corrected chi connectivity index (χ1v) is 10.3. The molecule has 10 heteroatoms. The number of thiophene rings is 1. The quantitative estimate of drug-likeness (QED) is 0.494. The third-order valence-electron chi connectivity index (χ3n) is 4.56. The van der Waals surface area contributed by atoms with Crippen LogP contribution in [0.15, 0.2) is 63.5 Å². The van der Waals surface area contributed by atoms with Crippen molar-refractivity contribution in [1.29, 1.82) is 0 Å². The summed E-state index contributed by atoms with van der Waals surface area (Å²) in [4.78, 5) is 38.4. The van der Waals surface area contributed by atoms with Crippen molar-refractivity contribution in [2.45, 2.75) is 13.1 Å². The molecule has 2 aromatic heterocycles. The van der Waals surface area contributed by atoms with Crippen LogP contribution in [0.3, 0.4) is 0 Å². The normalized spacial score (nSPS) is 11.1. The predicted octanol–water partition coefficient (Wildman–Crippen LogP) is 3.46. The van der Waals surface area contributed by atoms with E-state index in [1.54, 1.807) is 35.7 Å². The summed E-state index contributed by atoms with van der Waals surface area (Å²) in [5.41, 5.74) is -0.751. The number of amides is 1. The molecule has 6 nitrogen and oxygen atoms in total. The summed E-state index contributed by atoms with van der Waals surface area (Å²) in [6.07, 6.45) is 0. The lowest BCUT2D eigenvalue weighted by Gasteiger charge is -2.13. The number of hydrogen-bond donors (Lipinski definition) is 1. The number of halogens is 3. The fourth-order valence-electron chi connectivity index (χ4n) is 3.14. The second-order valence-corrected chi connectivity index (χ2v) is 8.03. The Bertz CT molecular complexity index is 1390. The molecule has 2 aromatic carbocycles. The minimum absolute atomic E-state index is 0.190. The summed E-state index contributed by atoms with van der Waals surface area (Å²) in [6, 6.07) is 10.8. The second kappa shape index (κ2) is 8.44. The topological polar surface area (TPSA) is 73.1 Å². The van der Waals surface area contributed by atoms with Crippen molar-refractivity contribution in [2.24, 2.45) is 0 Å². The fraction of sp³-hybridized carbons (Fsp3) is 0.0952. The molecule has 0 atom stereocenters. The molecule has 0 fully saturated rings. The van der Waals surface area contributed by atoms with Gasteiger partial charge in [0.05, 0.1) is 11.2 Å². The first-order valence-electron chi connectivity index (χ1n) is 9.04. The molecule has 31 heavy (non-hydrogen) atoms. The highest BCUT2D eigenvalue weighted by atomic mass is 35.5. The molecule has 1 N–H and O–H groups in total. The molecular weight excluding hydrogens is 448 g/mol. The summed E-state index contributed by atoms with van der Waals surface area (Å²) in [5, 5.41) is 4.87. The van der Waals surface area contributed by atoms with E-state index in [2.05, 4.69) is 5.32 Å². The van der Waals surface area contributed by atoms with E-state index in [1.165, 1.54) is 0 Å². The van der Waals surface area contributed by atoms with Gasteiger partial charge in [0.15, 0.2) is 0 Å². The van der Waals surface area contributed by atoms with Gasteiger partial charge in [-0.25, -0.2) is 18.1 Å². The van der Waals surface area contributed by atoms with Crippen LogP contribution in [0.5, 0.6) is 0 Å². The van der Waals surface area contributed by atoms with Crippen molar-refractivity contribution >= 4 is 39.1 Å². The highest BCUT2D eigenvalue weighted by molar-refractivity contribution is 7.17. The summed E-state index contributed by atoms with van der Waals surface area (Å²) in [5.74, 6) is -2.33. The molecule has 4 rings (SSSR count). The van der Waals surface area contributed by atoms with Gasteiger partial charge < -0.3 is 5.32 Å². The van der Waals surface area contributed by atoms with E-state index in [0.717, 1.165) is 33.6 Å². The van der Waals surface area contributed by atoms with E-state index >= 15 is 0 Å². The average Bonchev–Trinajstić information content (AvgIpc) is 3.20. The minimum atomic E-state index is -0.931. The van der Waals surface area contributed by atoms with Gasteiger partial charge in [0.25, 0.3) is 5.56 Å². The van der Waals surface area contributed by atoms with Gasteiger partial charge in [0.2, 0.25) is 5.91 Å². The molecule has 158 valence electrons. The molecule has 2 heterocycles. The monoisotopic (exact) mass is 461 g/mol. The van der Waals surface area contributed by atoms with Gasteiger partial charge in [0, 0.05) is 17.6 Å². The summed E-state index contributed by atoms with van der Waals surface area (Å²) in [7, 11) is 0. The smallest absolute Gasteiger partial charge is 0.336 e. The third-order valence-corrected chi connectivity index (χ3v) is 5.71. The number of carbonyl (C=O) groups excluding carboxylic acids is 1. The van der Waals surface area contributed by atoms with Crippen molar-refractivity contribution < 1.29 is 13.6 Å². The van der Waals surface area contributed by atoms with Crippen molar-refractivity contribution in [3.8, 4) is 5.69 Å². The number of fused-ring (bicyclic) bond motifs is 1. The van der Waals surface area contributed by atoms with Crippen LogP contribution in [-0.2, 0) is 17.9 Å². The molecule has 0 aliphatic rings. The first kappa shape index (κ1) is 21.0. The van der Waals surface area contributed by atoms with Crippen LogP contribution in [0, 0.1) is 11.6 Å². The van der Waals surface area contributed by atoms with Crippen LogP contribution in [0.1, 0.15) is 5.56 Å². The third kappa shape index (κ3) is 4.28. The Kier molecular flexibility index (Phi) is 5.71. The lowest BCUT2D eigenvalue weighted by Crippen LogP contribution is -2.41. The van der Waals surface area contributed by atoms with Gasteiger partial charge in [-0.15, -0.1) is 11.3 Å². The maximum Gasteiger partial charge on any atom is 0.336 e. The minimum Gasteiger partial charge on any atom is -0.350 e. The van der Waals surface area contributed by atoms with E-state index in [4.69, 9.17) is 11.6 Å². The Hall–Kier alpha value is -3.30. The summed E-state index contributed by atoms with van der Waals surface area (Å²) in [6.45, 7) is -0.163. The molecule has 4 aromatic rings. The average molecular weight is 462 g/mol. The van der Waals surface area contributed by atoms with Gasteiger partial charge in [0.1, 0.15) is 22.9 Å². The van der Waals surface area contributed by atoms with Crippen molar-refractivity contribution in [1.82, 2.24) is 14.5 Å². The van der Waals surface area contributed by atoms with Gasteiger partial charge >= 0.3 is 5.69 Å². The number of carbonyl (C=O) groups is 1. The molecule has 0 bridgehead atoms. The maximum atomic E-state index is 13.7. The highest BCUT2D eigenvalue weighted by Crippen LogP contribution is 2.17. The second-order valence-electron chi connectivity index (χ2n) is 6.68. The molecule has 0 saturated carbocycles. The summed E-state index contributed by atoms with van der Waals surface area (Å²) < 4.78 is 29.3. The number of nitrogens with one attached hydrogen (secondary N) is 1. The Morgan fingerprint density at radius 2 is 1.71 bits per heavy atom. The lowest BCUT2D eigenvalue weighted by atomic mass is 10.2. The molecule has 1 amide bonds. The standard InChI is InChI=1S/C21H14ClF2N3O3S/c22-13-3-1-12(2-4-13)10-25-18(28)11-26-17-5-6-31-19(17)20(29)27(21(26)30)16-8-14(23)7-15(24)9-16/h1-9H,10-11H2,(H,25,28). The largest absolute Gasteiger partial charge is 0.350 e. The lowest BCUT2D eigenvalue weighted by molar-refractivity contribution is -0.121. The van der Waals surface area contributed by atoms with Crippen LogP contribution in [0.2, 0.25) is 5.02 Å². The SMILES string of the molecule is O=C(Cn1c(=O)n(-c2cc(F)cc(F)c2)c(=O)c2sccc21)NCc1ccc(Cl)cc1. The van der Waals surface area contributed by atoms with Crippen LogP contribution >= 0.6 is 22.9 Å². The Morgan fingerprint density at radius 3 is 2.39 bits per heavy atom. The molecule has 0 unspecified atom stereocenters. The van der Waals surface area contributed by atoms with Gasteiger partial charge in [-0.2, -0.15) is 0 Å².